The predicted octanol–water partition coefficient (Wildman–Crippen LogP) is 0.772. The van der Waals surface area contributed by atoms with Crippen LogP contribution >= 0.6 is 0 Å². The Labute approximate surface area is 82.6 Å². The summed E-state index contributed by atoms with van der Waals surface area (Å²) in [6.07, 6.45) is 4.17. The maximum Gasteiger partial charge on any atom is 0.363 e. The summed E-state index contributed by atoms with van der Waals surface area (Å²) in [5, 5.41) is 1.12. The molecule has 0 heterocycles. The molecule has 3 unspecified atom stereocenters. The minimum absolute atomic E-state index is 0.0526. The van der Waals surface area contributed by atoms with Crippen LogP contribution in [0.25, 0.3) is 0 Å². The van der Waals surface area contributed by atoms with Crippen molar-refractivity contribution in [2.75, 3.05) is 0 Å². The first-order valence-corrected chi connectivity index (χ1v) is 6.19. The molecular formula is C8H13NO4S. The lowest BCUT2D eigenvalue weighted by Crippen LogP contribution is -2.40. The molecule has 1 amide bonds. The molecule has 0 spiro atoms. The number of hydrogen-bond donors (Lipinski definition) is 2. The molecule has 0 radical (unpaired) electrons. The van der Waals surface area contributed by atoms with Crippen molar-refractivity contribution in [1.82, 2.24) is 5.32 Å². The fraction of sp³-hybridized carbons (Fsp3) is 0.875. The van der Waals surface area contributed by atoms with E-state index >= 15 is 0 Å². The molecule has 2 aliphatic rings. The standard InChI is InChI=1S/C8H13NO4S/c10-8(14(11,12)13)9-7-4-5-1-2-6(7)3-5/h5-7H,1-4H2,(H,9,10)(H,11,12,13). The van der Waals surface area contributed by atoms with Crippen molar-refractivity contribution in [3.05, 3.63) is 0 Å². The summed E-state index contributed by atoms with van der Waals surface area (Å²) in [6.45, 7) is 0. The molecular weight excluding hydrogens is 206 g/mol. The molecule has 2 fully saturated rings. The minimum atomic E-state index is -4.56. The minimum Gasteiger partial charge on any atom is -0.338 e. The summed E-state index contributed by atoms with van der Waals surface area (Å²) >= 11 is 0. The van der Waals surface area contributed by atoms with E-state index in [0.29, 0.717) is 11.8 Å². The Morgan fingerprint density at radius 3 is 2.43 bits per heavy atom. The lowest BCUT2D eigenvalue weighted by molar-refractivity contribution is 0.246. The van der Waals surface area contributed by atoms with Crippen LogP contribution in [0.1, 0.15) is 25.7 Å². The average Bonchev–Trinajstić information content (AvgIpc) is 2.62. The maximum atomic E-state index is 10.9. The van der Waals surface area contributed by atoms with E-state index in [9.17, 15) is 13.2 Å². The Balaban J connectivity index is 1.97. The highest BCUT2D eigenvalue weighted by atomic mass is 32.2. The summed E-state index contributed by atoms with van der Waals surface area (Å²) in [6, 6.07) is -0.0526. The van der Waals surface area contributed by atoms with Crippen molar-refractivity contribution in [1.29, 1.82) is 0 Å². The van der Waals surface area contributed by atoms with Crippen molar-refractivity contribution >= 4 is 15.4 Å². The third-order valence-corrected chi connectivity index (χ3v) is 3.86. The summed E-state index contributed by atoms with van der Waals surface area (Å²) in [5.74, 6) is 1.04. The second kappa shape index (κ2) is 3.20. The molecule has 0 aliphatic heterocycles. The van der Waals surface area contributed by atoms with Gasteiger partial charge in [0.1, 0.15) is 0 Å². The van der Waals surface area contributed by atoms with Crippen LogP contribution in [0.2, 0.25) is 0 Å². The molecule has 5 nitrogen and oxygen atoms in total. The zero-order valence-corrected chi connectivity index (χ0v) is 8.46. The van der Waals surface area contributed by atoms with E-state index in [1.807, 2.05) is 0 Å². The Kier molecular flexibility index (Phi) is 2.27. The van der Waals surface area contributed by atoms with E-state index in [0.717, 1.165) is 19.3 Å². The highest BCUT2D eigenvalue weighted by molar-refractivity contribution is 8.01. The summed E-state index contributed by atoms with van der Waals surface area (Å²) in [7, 11) is -4.56. The van der Waals surface area contributed by atoms with Crippen LogP contribution < -0.4 is 5.32 Å². The van der Waals surface area contributed by atoms with Crippen LogP contribution in [-0.2, 0) is 10.1 Å². The molecule has 0 aromatic rings. The highest BCUT2D eigenvalue weighted by Crippen LogP contribution is 2.44. The molecule has 2 bridgehead atoms. The molecule has 0 aromatic carbocycles. The number of hydrogen-bond acceptors (Lipinski definition) is 3. The lowest BCUT2D eigenvalue weighted by atomic mass is 9.96. The van der Waals surface area contributed by atoms with Crippen LogP contribution in [0, 0.1) is 11.8 Å². The van der Waals surface area contributed by atoms with Crippen LogP contribution in [0.5, 0.6) is 0 Å². The van der Waals surface area contributed by atoms with Gasteiger partial charge in [0.15, 0.2) is 0 Å². The van der Waals surface area contributed by atoms with Gasteiger partial charge in [-0.2, -0.15) is 8.42 Å². The maximum absolute atomic E-state index is 10.9. The molecule has 2 aliphatic carbocycles. The van der Waals surface area contributed by atoms with Crippen LogP contribution in [0.4, 0.5) is 4.79 Å². The van der Waals surface area contributed by atoms with Crippen LogP contribution in [0.15, 0.2) is 0 Å². The van der Waals surface area contributed by atoms with Crippen LogP contribution in [0.3, 0.4) is 0 Å². The van der Waals surface area contributed by atoms with Gasteiger partial charge in [-0.1, -0.05) is 6.42 Å². The van der Waals surface area contributed by atoms with Gasteiger partial charge in [0, 0.05) is 6.04 Å². The molecule has 3 atom stereocenters. The van der Waals surface area contributed by atoms with Crippen molar-refractivity contribution in [3.63, 3.8) is 0 Å². The van der Waals surface area contributed by atoms with Gasteiger partial charge >= 0.3 is 15.4 Å². The van der Waals surface area contributed by atoms with Crippen molar-refractivity contribution < 1.29 is 17.8 Å². The van der Waals surface area contributed by atoms with E-state index in [-0.39, 0.29) is 6.04 Å². The van der Waals surface area contributed by atoms with Gasteiger partial charge in [-0.15, -0.1) is 0 Å². The number of fused-ring (bicyclic) bond motifs is 2. The van der Waals surface area contributed by atoms with Crippen molar-refractivity contribution in [2.24, 2.45) is 11.8 Å². The van der Waals surface area contributed by atoms with Gasteiger partial charge in [0.25, 0.3) is 0 Å². The largest absolute Gasteiger partial charge is 0.363 e. The molecule has 2 saturated carbocycles. The van der Waals surface area contributed by atoms with Crippen LogP contribution in [-0.4, -0.2) is 24.3 Å². The van der Waals surface area contributed by atoms with Crippen molar-refractivity contribution in [2.45, 2.75) is 31.7 Å². The Morgan fingerprint density at radius 1 is 1.29 bits per heavy atom. The fourth-order valence-corrected chi connectivity index (χ4v) is 2.95. The number of carbonyl (C=O) groups is 1. The lowest BCUT2D eigenvalue weighted by Gasteiger charge is -2.21. The smallest absolute Gasteiger partial charge is 0.338 e. The molecule has 6 heteroatoms. The number of rotatable bonds is 1. The van der Waals surface area contributed by atoms with E-state index < -0.39 is 15.4 Å². The number of nitrogens with one attached hydrogen (secondary N) is 1. The van der Waals surface area contributed by atoms with Gasteiger partial charge in [-0.25, -0.2) is 0 Å². The van der Waals surface area contributed by atoms with E-state index in [2.05, 4.69) is 5.32 Å². The monoisotopic (exact) mass is 219 g/mol. The second-order valence-electron chi connectivity index (χ2n) is 4.19. The first-order chi connectivity index (χ1) is 6.47. The molecule has 0 aromatic heterocycles. The molecule has 0 saturated heterocycles. The van der Waals surface area contributed by atoms with Gasteiger partial charge in [0.2, 0.25) is 0 Å². The fourth-order valence-electron chi connectivity index (χ4n) is 2.65. The van der Waals surface area contributed by atoms with E-state index in [4.69, 9.17) is 4.55 Å². The van der Waals surface area contributed by atoms with E-state index in [1.54, 1.807) is 0 Å². The van der Waals surface area contributed by atoms with Gasteiger partial charge in [-0.05, 0) is 31.1 Å². The average molecular weight is 219 g/mol. The third-order valence-electron chi connectivity index (χ3n) is 3.28. The number of carbonyl (C=O) groups excluding carboxylic acids is 1. The summed E-state index contributed by atoms with van der Waals surface area (Å²) in [4.78, 5) is 10.9. The molecule has 80 valence electrons. The zero-order valence-electron chi connectivity index (χ0n) is 7.64. The summed E-state index contributed by atoms with van der Waals surface area (Å²) in [5.41, 5.74) is 0. The van der Waals surface area contributed by atoms with E-state index in [1.165, 1.54) is 6.42 Å². The first kappa shape index (κ1) is 9.92. The molecule has 2 rings (SSSR count). The van der Waals surface area contributed by atoms with Gasteiger partial charge < -0.3 is 5.32 Å². The number of amides is 1. The summed E-state index contributed by atoms with van der Waals surface area (Å²) < 4.78 is 29.4. The Morgan fingerprint density at radius 2 is 2.00 bits per heavy atom. The zero-order chi connectivity index (χ0) is 10.3. The Bertz CT molecular complexity index is 350. The topological polar surface area (TPSA) is 83.5 Å². The molecule has 2 N–H and O–H groups in total. The SMILES string of the molecule is O=C(NC1CC2CCC1C2)S(=O)(=O)O. The third kappa shape index (κ3) is 1.76. The van der Waals surface area contributed by atoms with Crippen molar-refractivity contribution in [3.8, 4) is 0 Å². The predicted molar refractivity (Wildman–Crippen MR) is 49.3 cm³/mol. The quantitative estimate of drug-likeness (QED) is 0.638. The first-order valence-electron chi connectivity index (χ1n) is 4.75. The van der Waals surface area contributed by atoms with Gasteiger partial charge in [0.05, 0.1) is 0 Å². The molecule has 14 heavy (non-hydrogen) atoms. The van der Waals surface area contributed by atoms with Gasteiger partial charge in [-0.3, -0.25) is 9.35 Å². The normalized spacial score (nSPS) is 35.9. The highest BCUT2D eigenvalue weighted by Gasteiger charge is 2.41. The second-order valence-corrected chi connectivity index (χ2v) is 5.51. The Hall–Kier alpha value is -0.620.